The summed E-state index contributed by atoms with van der Waals surface area (Å²) in [6, 6.07) is 17.9. The van der Waals surface area contributed by atoms with Crippen LogP contribution in [0.15, 0.2) is 66.7 Å². The molecule has 1 atom stereocenters. The SMILES string of the molecule is Cc1cccc(C)c1NC(=O)C(=O)[C@@H](c1ccccc1Cl)S(=O)(=O)Cc1ccccc1Cl. The van der Waals surface area contributed by atoms with Crippen molar-refractivity contribution in [3.63, 3.8) is 0 Å². The number of halogens is 2. The monoisotopic (exact) mass is 489 g/mol. The lowest BCUT2D eigenvalue weighted by Gasteiger charge is -2.19. The zero-order chi connectivity index (χ0) is 23.5. The number of sulfone groups is 1. The molecule has 0 spiro atoms. The molecule has 0 unspecified atom stereocenters. The second-order valence-electron chi connectivity index (χ2n) is 7.39. The first-order valence-electron chi connectivity index (χ1n) is 9.72. The Balaban J connectivity index is 2.03. The van der Waals surface area contributed by atoms with Gasteiger partial charge in [-0.15, -0.1) is 0 Å². The second-order valence-corrected chi connectivity index (χ2v) is 10.3. The van der Waals surface area contributed by atoms with Crippen LogP contribution in [0.2, 0.25) is 10.0 Å². The second kappa shape index (κ2) is 9.86. The molecular formula is C24H21Cl2NO4S. The van der Waals surface area contributed by atoms with Gasteiger partial charge in [0.1, 0.15) is 0 Å². The van der Waals surface area contributed by atoms with Crippen LogP contribution in [0.1, 0.15) is 27.5 Å². The molecule has 0 heterocycles. The fourth-order valence-electron chi connectivity index (χ4n) is 3.41. The predicted molar refractivity (Wildman–Crippen MR) is 128 cm³/mol. The Labute approximate surface area is 197 Å². The van der Waals surface area contributed by atoms with Gasteiger partial charge in [-0.1, -0.05) is 77.8 Å². The number of Topliss-reactive ketones (excluding diaryl/α,β-unsaturated/α-hetero) is 1. The summed E-state index contributed by atoms with van der Waals surface area (Å²) in [7, 11) is -4.21. The lowest BCUT2D eigenvalue weighted by molar-refractivity contribution is -0.134. The number of rotatable bonds is 7. The van der Waals surface area contributed by atoms with Gasteiger partial charge in [0.05, 0.1) is 5.75 Å². The van der Waals surface area contributed by atoms with E-state index in [1.807, 2.05) is 6.07 Å². The molecule has 1 N–H and O–H groups in total. The third-order valence-electron chi connectivity index (χ3n) is 5.04. The topological polar surface area (TPSA) is 80.3 Å². The molecule has 0 aliphatic heterocycles. The number of aryl methyl sites for hydroxylation is 2. The predicted octanol–water partition coefficient (Wildman–Crippen LogP) is 5.47. The first kappa shape index (κ1) is 24.0. The Bertz CT molecular complexity index is 1270. The highest BCUT2D eigenvalue weighted by Gasteiger charge is 2.39. The first-order chi connectivity index (χ1) is 15.1. The molecule has 8 heteroatoms. The standard InChI is InChI=1S/C24H21Cl2NO4S/c1-15-8-7-9-16(2)21(15)27-24(29)22(28)23(18-11-4-6-13-20(18)26)32(30,31)14-17-10-3-5-12-19(17)25/h3-13,23H,14H2,1-2H3,(H,27,29)/t23-/m1/s1. The van der Waals surface area contributed by atoms with Crippen molar-refractivity contribution >= 4 is 50.4 Å². The maximum atomic E-state index is 13.4. The molecule has 0 aliphatic rings. The van der Waals surface area contributed by atoms with Gasteiger partial charge < -0.3 is 5.32 Å². The Morgan fingerprint density at radius 2 is 1.41 bits per heavy atom. The van der Waals surface area contributed by atoms with Crippen LogP contribution in [-0.2, 0) is 25.2 Å². The van der Waals surface area contributed by atoms with Crippen LogP contribution in [0, 0.1) is 13.8 Å². The van der Waals surface area contributed by atoms with E-state index < -0.39 is 32.5 Å². The fraction of sp³-hybridized carbons (Fsp3) is 0.167. The van der Waals surface area contributed by atoms with Crippen LogP contribution in [0.5, 0.6) is 0 Å². The van der Waals surface area contributed by atoms with Crippen molar-refractivity contribution in [2.24, 2.45) is 0 Å². The van der Waals surface area contributed by atoms with Gasteiger partial charge in [0.15, 0.2) is 15.1 Å². The summed E-state index contributed by atoms with van der Waals surface area (Å²) >= 11 is 12.4. The van der Waals surface area contributed by atoms with E-state index in [4.69, 9.17) is 23.2 Å². The molecule has 3 rings (SSSR count). The van der Waals surface area contributed by atoms with E-state index in [0.717, 1.165) is 11.1 Å². The summed E-state index contributed by atoms with van der Waals surface area (Å²) in [6.07, 6.45) is 0. The summed E-state index contributed by atoms with van der Waals surface area (Å²) in [5.74, 6) is -2.67. The van der Waals surface area contributed by atoms with Crippen LogP contribution < -0.4 is 5.32 Å². The van der Waals surface area contributed by atoms with Gasteiger partial charge in [-0.25, -0.2) is 8.42 Å². The van der Waals surface area contributed by atoms with Gasteiger partial charge in [0, 0.05) is 15.7 Å². The summed E-state index contributed by atoms with van der Waals surface area (Å²) in [5, 5.41) is 1.12. The van der Waals surface area contributed by atoms with Crippen molar-refractivity contribution in [2.45, 2.75) is 24.9 Å². The van der Waals surface area contributed by atoms with E-state index in [-0.39, 0.29) is 15.6 Å². The van der Waals surface area contributed by atoms with Crippen molar-refractivity contribution < 1.29 is 18.0 Å². The van der Waals surface area contributed by atoms with E-state index in [9.17, 15) is 18.0 Å². The maximum Gasteiger partial charge on any atom is 0.293 e. The van der Waals surface area contributed by atoms with Crippen molar-refractivity contribution in [1.29, 1.82) is 0 Å². The van der Waals surface area contributed by atoms with Crippen LogP contribution in [0.25, 0.3) is 0 Å². The molecule has 0 fully saturated rings. The number of hydrogen-bond donors (Lipinski definition) is 1. The quantitative estimate of drug-likeness (QED) is 0.445. The van der Waals surface area contributed by atoms with Gasteiger partial charge >= 0.3 is 0 Å². The zero-order valence-electron chi connectivity index (χ0n) is 17.4. The Morgan fingerprint density at radius 1 is 0.844 bits per heavy atom. The number of amides is 1. The number of benzene rings is 3. The van der Waals surface area contributed by atoms with Gasteiger partial charge in [0.2, 0.25) is 5.78 Å². The van der Waals surface area contributed by atoms with E-state index in [1.54, 1.807) is 62.4 Å². The molecule has 3 aromatic rings. The third kappa shape index (κ3) is 5.21. The van der Waals surface area contributed by atoms with E-state index in [0.29, 0.717) is 11.3 Å². The number of anilines is 1. The first-order valence-corrected chi connectivity index (χ1v) is 12.2. The third-order valence-corrected chi connectivity index (χ3v) is 7.66. The normalized spacial score (nSPS) is 12.2. The Hall–Kier alpha value is -2.67. The highest BCUT2D eigenvalue weighted by molar-refractivity contribution is 7.91. The van der Waals surface area contributed by atoms with Gasteiger partial charge in [-0.3, -0.25) is 9.59 Å². The number of carbonyl (C=O) groups is 2. The molecule has 0 aromatic heterocycles. The molecule has 1 amide bonds. The minimum absolute atomic E-state index is 0.0443. The molecule has 0 saturated heterocycles. The van der Waals surface area contributed by atoms with Crippen molar-refractivity contribution in [3.05, 3.63) is 99.0 Å². The minimum atomic E-state index is -4.21. The van der Waals surface area contributed by atoms with Gasteiger partial charge in [-0.2, -0.15) is 0 Å². The van der Waals surface area contributed by atoms with Gasteiger partial charge in [-0.05, 0) is 48.2 Å². The van der Waals surface area contributed by atoms with E-state index in [1.165, 1.54) is 12.1 Å². The number of para-hydroxylation sites is 1. The van der Waals surface area contributed by atoms with E-state index >= 15 is 0 Å². The Kier molecular flexibility index (Phi) is 7.39. The maximum absolute atomic E-state index is 13.4. The number of nitrogens with one attached hydrogen (secondary N) is 1. The largest absolute Gasteiger partial charge is 0.319 e. The van der Waals surface area contributed by atoms with Crippen LogP contribution >= 0.6 is 23.2 Å². The van der Waals surface area contributed by atoms with Crippen molar-refractivity contribution in [1.82, 2.24) is 0 Å². The van der Waals surface area contributed by atoms with Crippen LogP contribution in [0.3, 0.4) is 0 Å². The summed E-state index contributed by atoms with van der Waals surface area (Å²) in [6.45, 7) is 3.57. The molecule has 0 aliphatic carbocycles. The molecule has 166 valence electrons. The van der Waals surface area contributed by atoms with E-state index in [2.05, 4.69) is 5.32 Å². The van der Waals surface area contributed by atoms with Gasteiger partial charge in [0.25, 0.3) is 5.91 Å². The summed E-state index contributed by atoms with van der Waals surface area (Å²) in [5.41, 5.74) is 2.34. The number of ketones is 1. The average Bonchev–Trinajstić information content (AvgIpc) is 2.73. The minimum Gasteiger partial charge on any atom is -0.319 e. The smallest absolute Gasteiger partial charge is 0.293 e. The highest BCUT2D eigenvalue weighted by Crippen LogP contribution is 2.33. The molecule has 0 bridgehead atoms. The van der Waals surface area contributed by atoms with Crippen LogP contribution in [0.4, 0.5) is 5.69 Å². The van der Waals surface area contributed by atoms with Crippen molar-refractivity contribution in [2.75, 3.05) is 5.32 Å². The Morgan fingerprint density at radius 3 is 2.00 bits per heavy atom. The highest BCUT2D eigenvalue weighted by atomic mass is 35.5. The molecule has 0 radical (unpaired) electrons. The lowest BCUT2D eigenvalue weighted by atomic mass is 10.1. The summed E-state index contributed by atoms with van der Waals surface area (Å²) < 4.78 is 26.8. The molecule has 0 saturated carbocycles. The molecule has 3 aromatic carbocycles. The molecular weight excluding hydrogens is 469 g/mol. The number of hydrogen-bond acceptors (Lipinski definition) is 4. The number of carbonyl (C=O) groups excluding carboxylic acids is 2. The van der Waals surface area contributed by atoms with Crippen LogP contribution in [-0.4, -0.2) is 20.1 Å². The van der Waals surface area contributed by atoms with Crippen molar-refractivity contribution in [3.8, 4) is 0 Å². The fourth-order valence-corrected chi connectivity index (χ4v) is 5.88. The molecule has 5 nitrogen and oxygen atoms in total. The zero-order valence-corrected chi connectivity index (χ0v) is 19.8. The summed E-state index contributed by atoms with van der Waals surface area (Å²) in [4.78, 5) is 26.2. The lowest BCUT2D eigenvalue weighted by Crippen LogP contribution is -2.34. The average molecular weight is 490 g/mol. The molecule has 32 heavy (non-hydrogen) atoms.